The summed E-state index contributed by atoms with van der Waals surface area (Å²) >= 11 is 0. The van der Waals surface area contributed by atoms with Crippen LogP contribution in [0.15, 0.2) is 54.6 Å². The zero-order chi connectivity index (χ0) is 19.8. The largest absolute Gasteiger partial charge is 0.506 e. The van der Waals surface area contributed by atoms with E-state index >= 15 is 0 Å². The van der Waals surface area contributed by atoms with Gasteiger partial charge < -0.3 is 25.1 Å². The van der Waals surface area contributed by atoms with Gasteiger partial charge in [0.2, 0.25) is 0 Å². The minimum atomic E-state index is 0.119. The summed E-state index contributed by atoms with van der Waals surface area (Å²) in [5, 5.41) is 13.0. The maximum Gasteiger partial charge on any atom is 0.275 e. The van der Waals surface area contributed by atoms with Gasteiger partial charge in [-0.2, -0.15) is 0 Å². The van der Waals surface area contributed by atoms with Crippen molar-refractivity contribution in [1.82, 2.24) is 5.32 Å². The zero-order valence-corrected chi connectivity index (χ0v) is 16.6. The highest BCUT2D eigenvalue weighted by atomic mass is 16.3. The number of quaternary nitrogens is 1. The van der Waals surface area contributed by atoms with E-state index in [1.807, 2.05) is 36.4 Å². The zero-order valence-electron chi connectivity index (χ0n) is 16.6. The molecule has 2 aromatic rings. The van der Waals surface area contributed by atoms with Gasteiger partial charge in [0.15, 0.2) is 6.54 Å². The normalized spacial score (nSPS) is 14.7. The van der Waals surface area contributed by atoms with E-state index in [-0.39, 0.29) is 5.91 Å². The van der Waals surface area contributed by atoms with E-state index in [0.717, 1.165) is 44.8 Å². The fraction of sp³-hybridized carbons (Fsp3) is 0.409. The molecule has 0 aromatic heterocycles. The molecular weight excluding hydrogens is 352 g/mol. The number of carbonyl (C=O) groups is 1. The summed E-state index contributed by atoms with van der Waals surface area (Å²) in [6.45, 7) is 5.63. The minimum Gasteiger partial charge on any atom is -0.506 e. The van der Waals surface area contributed by atoms with Crippen LogP contribution in [0.3, 0.4) is 0 Å². The maximum atomic E-state index is 12.2. The number of nitrogens with one attached hydrogen (secondary N) is 2. The number of nitrogens with zero attached hydrogens (tertiary/aromatic N) is 2. The van der Waals surface area contributed by atoms with E-state index in [1.165, 1.54) is 10.6 Å². The van der Waals surface area contributed by atoms with Gasteiger partial charge in [-0.15, -0.1) is 0 Å². The number of benzene rings is 2. The molecule has 0 unspecified atom stereocenters. The van der Waals surface area contributed by atoms with Crippen molar-refractivity contribution in [3.8, 4) is 5.75 Å². The molecule has 0 bridgehead atoms. The van der Waals surface area contributed by atoms with Crippen molar-refractivity contribution in [3.05, 3.63) is 54.6 Å². The number of carbonyl (C=O) groups excluding carboxylic acids is 1. The molecular formula is C22H31N4O2+. The molecule has 150 valence electrons. The number of phenolic OH excluding ortho intramolecular Hbond substituents is 1. The molecule has 0 atom stereocenters. The molecule has 6 heteroatoms. The highest BCUT2D eigenvalue weighted by Gasteiger charge is 2.23. The summed E-state index contributed by atoms with van der Waals surface area (Å²) in [6.07, 6.45) is 0.924. The molecule has 1 aliphatic rings. The molecule has 1 amide bonds. The van der Waals surface area contributed by atoms with E-state index in [4.69, 9.17) is 0 Å². The van der Waals surface area contributed by atoms with E-state index in [1.54, 1.807) is 6.07 Å². The number of amides is 1. The fourth-order valence-corrected chi connectivity index (χ4v) is 3.62. The first kappa shape index (κ1) is 20.0. The van der Waals surface area contributed by atoms with Crippen LogP contribution < -0.4 is 20.0 Å². The summed E-state index contributed by atoms with van der Waals surface area (Å²) < 4.78 is 0. The lowest BCUT2D eigenvalue weighted by Crippen LogP contribution is -3.15. The van der Waals surface area contributed by atoms with Crippen molar-refractivity contribution in [2.24, 2.45) is 0 Å². The molecule has 0 radical (unpaired) electrons. The van der Waals surface area contributed by atoms with Gasteiger partial charge in [-0.05, 0) is 30.7 Å². The van der Waals surface area contributed by atoms with Gasteiger partial charge >= 0.3 is 0 Å². The van der Waals surface area contributed by atoms with Crippen LogP contribution in [-0.2, 0) is 4.79 Å². The Hall–Kier alpha value is -2.73. The third-order valence-corrected chi connectivity index (χ3v) is 5.29. The Morgan fingerprint density at radius 2 is 1.79 bits per heavy atom. The van der Waals surface area contributed by atoms with Crippen molar-refractivity contribution in [3.63, 3.8) is 0 Å². The number of aromatic hydroxyl groups is 1. The standard InChI is InChI=1S/C22H30N4O2/c1-24(19-8-3-2-4-9-19)13-7-12-23-22(28)18-25-14-16-26(17-15-25)20-10-5-6-11-21(20)27/h2-6,8-11,27H,7,12-18H2,1H3,(H,23,28)/p+1. The van der Waals surface area contributed by atoms with Crippen molar-refractivity contribution < 1.29 is 14.8 Å². The smallest absolute Gasteiger partial charge is 0.275 e. The number of rotatable bonds is 8. The number of hydrogen-bond acceptors (Lipinski definition) is 4. The predicted octanol–water partition coefficient (Wildman–Crippen LogP) is 0.740. The predicted molar refractivity (Wildman–Crippen MR) is 113 cm³/mol. The number of hydrogen-bond donors (Lipinski definition) is 3. The summed E-state index contributed by atoms with van der Waals surface area (Å²) in [7, 11) is 2.07. The van der Waals surface area contributed by atoms with Crippen LogP contribution in [-0.4, -0.2) is 63.9 Å². The Balaban J connectivity index is 1.32. The second-order valence-corrected chi connectivity index (χ2v) is 7.36. The summed E-state index contributed by atoms with van der Waals surface area (Å²) in [5.41, 5.74) is 2.08. The molecule has 0 aliphatic carbocycles. The van der Waals surface area contributed by atoms with Crippen molar-refractivity contribution in [1.29, 1.82) is 0 Å². The Kier molecular flexibility index (Phi) is 7.14. The van der Waals surface area contributed by atoms with Gasteiger partial charge in [-0.3, -0.25) is 4.79 Å². The van der Waals surface area contributed by atoms with Gasteiger partial charge in [-0.25, -0.2) is 0 Å². The Labute approximate surface area is 167 Å². The third-order valence-electron chi connectivity index (χ3n) is 5.29. The molecule has 1 heterocycles. The van der Waals surface area contributed by atoms with Gasteiger partial charge in [0, 0.05) is 25.8 Å². The van der Waals surface area contributed by atoms with E-state index < -0.39 is 0 Å². The lowest BCUT2D eigenvalue weighted by Gasteiger charge is -2.33. The summed E-state index contributed by atoms with van der Waals surface area (Å²) in [6, 6.07) is 17.7. The number of anilines is 2. The Morgan fingerprint density at radius 3 is 2.50 bits per heavy atom. The molecule has 3 N–H and O–H groups in total. The molecule has 2 aromatic carbocycles. The topological polar surface area (TPSA) is 60.2 Å². The average molecular weight is 384 g/mol. The van der Waals surface area contributed by atoms with Crippen LogP contribution in [0.5, 0.6) is 5.75 Å². The van der Waals surface area contributed by atoms with Gasteiger partial charge in [0.25, 0.3) is 5.91 Å². The first-order valence-corrected chi connectivity index (χ1v) is 10.0. The van der Waals surface area contributed by atoms with Crippen LogP contribution >= 0.6 is 0 Å². The Bertz CT molecular complexity index is 745. The quantitative estimate of drug-likeness (QED) is 0.589. The van der Waals surface area contributed by atoms with Gasteiger partial charge in [0.05, 0.1) is 31.9 Å². The van der Waals surface area contributed by atoms with E-state index in [9.17, 15) is 9.90 Å². The Morgan fingerprint density at radius 1 is 1.11 bits per heavy atom. The van der Waals surface area contributed by atoms with Crippen LogP contribution in [0.4, 0.5) is 11.4 Å². The summed E-state index contributed by atoms with van der Waals surface area (Å²) in [4.78, 5) is 17.9. The molecule has 28 heavy (non-hydrogen) atoms. The van der Waals surface area contributed by atoms with Crippen LogP contribution in [0, 0.1) is 0 Å². The van der Waals surface area contributed by atoms with Crippen LogP contribution in [0.1, 0.15) is 6.42 Å². The SMILES string of the molecule is CN(CCCNC(=O)C[NH+]1CCN(c2ccccc2O)CC1)c1ccccc1. The molecule has 1 fully saturated rings. The van der Waals surface area contributed by atoms with Crippen LogP contribution in [0.25, 0.3) is 0 Å². The van der Waals surface area contributed by atoms with Gasteiger partial charge in [-0.1, -0.05) is 30.3 Å². The van der Waals surface area contributed by atoms with Gasteiger partial charge in [0.1, 0.15) is 5.75 Å². The molecule has 6 nitrogen and oxygen atoms in total. The molecule has 3 rings (SSSR count). The van der Waals surface area contributed by atoms with Crippen LogP contribution in [0.2, 0.25) is 0 Å². The monoisotopic (exact) mass is 383 g/mol. The van der Waals surface area contributed by atoms with Crippen molar-refractivity contribution in [2.75, 3.05) is 62.7 Å². The highest BCUT2D eigenvalue weighted by Crippen LogP contribution is 2.25. The molecule has 1 aliphatic heterocycles. The minimum absolute atomic E-state index is 0.119. The van der Waals surface area contributed by atoms with E-state index in [0.29, 0.717) is 18.8 Å². The molecule has 0 spiro atoms. The molecule has 0 saturated carbocycles. The van der Waals surface area contributed by atoms with Crippen molar-refractivity contribution in [2.45, 2.75) is 6.42 Å². The molecule has 1 saturated heterocycles. The van der Waals surface area contributed by atoms with Crippen molar-refractivity contribution >= 4 is 17.3 Å². The van der Waals surface area contributed by atoms with E-state index in [2.05, 4.69) is 34.3 Å². The lowest BCUT2D eigenvalue weighted by molar-refractivity contribution is -0.892. The lowest BCUT2D eigenvalue weighted by atomic mass is 10.2. The number of phenols is 1. The third kappa shape index (κ3) is 5.63. The second kappa shape index (κ2) is 9.99. The first-order chi connectivity index (χ1) is 13.6. The summed E-state index contributed by atoms with van der Waals surface area (Å²) in [5.74, 6) is 0.442. The second-order valence-electron chi connectivity index (χ2n) is 7.36. The highest BCUT2D eigenvalue weighted by molar-refractivity contribution is 5.76. The average Bonchev–Trinajstić information content (AvgIpc) is 2.73. The first-order valence-electron chi connectivity index (χ1n) is 10.0. The number of para-hydroxylation sites is 3. The number of piperazine rings is 1. The maximum absolute atomic E-state index is 12.2. The fourth-order valence-electron chi connectivity index (χ4n) is 3.62.